The summed E-state index contributed by atoms with van der Waals surface area (Å²) >= 11 is 0. The first-order chi connectivity index (χ1) is 13.3. The number of hydrogen-bond donors (Lipinski definition) is 1. The molecule has 4 rings (SSSR count). The Morgan fingerprint density at radius 3 is 2.71 bits per heavy atom. The molecule has 28 heavy (non-hydrogen) atoms. The number of aryl methyl sites for hydroxylation is 1. The quantitative estimate of drug-likeness (QED) is 0.683. The molecule has 0 atom stereocenters. The number of aromatic amines is 1. The van der Waals surface area contributed by atoms with Crippen LogP contribution in [0.5, 0.6) is 0 Å². The standard InChI is InChI=1S/C20H19FN2O4S/c1-12-3-5-14(10-17(12)21)28(25,26)23-8-7-19-16(11-23)15-9-13(20(24)27-2)4-6-18(15)22-19/h3-6,9-10,22H,7-8,11H2,1-2H3. The van der Waals surface area contributed by atoms with Crippen LogP contribution in [0.25, 0.3) is 10.9 Å². The first-order valence-electron chi connectivity index (χ1n) is 8.79. The Bertz CT molecular complexity index is 1200. The molecule has 6 nitrogen and oxygen atoms in total. The zero-order valence-electron chi connectivity index (χ0n) is 15.5. The van der Waals surface area contributed by atoms with Gasteiger partial charge in [0.15, 0.2) is 0 Å². The Labute approximate surface area is 162 Å². The molecule has 146 valence electrons. The van der Waals surface area contributed by atoms with Crippen LogP contribution in [-0.4, -0.2) is 37.3 Å². The van der Waals surface area contributed by atoms with Gasteiger partial charge in [0.25, 0.3) is 0 Å². The highest BCUT2D eigenvalue weighted by Crippen LogP contribution is 2.31. The molecule has 0 amide bonds. The van der Waals surface area contributed by atoms with Crippen molar-refractivity contribution < 1.29 is 22.3 Å². The SMILES string of the molecule is COC(=O)c1ccc2[nH]c3c(c2c1)CN(S(=O)(=O)c1ccc(C)c(F)c1)CC3. The second-order valence-electron chi connectivity index (χ2n) is 6.83. The molecule has 0 spiro atoms. The van der Waals surface area contributed by atoms with E-state index in [1.54, 1.807) is 25.1 Å². The lowest BCUT2D eigenvalue weighted by Crippen LogP contribution is -2.35. The second kappa shape index (κ2) is 6.72. The zero-order valence-corrected chi connectivity index (χ0v) is 16.3. The van der Waals surface area contributed by atoms with Gasteiger partial charge in [-0.25, -0.2) is 17.6 Å². The smallest absolute Gasteiger partial charge is 0.337 e. The molecule has 3 aromatic rings. The van der Waals surface area contributed by atoms with Gasteiger partial charge in [-0.2, -0.15) is 4.31 Å². The Balaban J connectivity index is 1.74. The minimum atomic E-state index is -3.83. The molecule has 0 fully saturated rings. The number of sulfonamides is 1. The molecule has 0 bridgehead atoms. The largest absolute Gasteiger partial charge is 0.465 e. The van der Waals surface area contributed by atoms with E-state index in [1.807, 2.05) is 0 Å². The maximum atomic E-state index is 13.9. The van der Waals surface area contributed by atoms with Crippen molar-refractivity contribution in [3.8, 4) is 0 Å². The molecule has 0 saturated carbocycles. The summed E-state index contributed by atoms with van der Waals surface area (Å²) in [6.45, 7) is 2.03. The van der Waals surface area contributed by atoms with E-state index in [1.165, 1.54) is 23.5 Å². The summed E-state index contributed by atoms with van der Waals surface area (Å²) in [5.74, 6) is -0.999. The van der Waals surface area contributed by atoms with E-state index in [0.717, 1.165) is 28.2 Å². The fourth-order valence-electron chi connectivity index (χ4n) is 3.52. The van der Waals surface area contributed by atoms with Gasteiger partial charge < -0.3 is 9.72 Å². The monoisotopic (exact) mass is 402 g/mol. The number of esters is 1. The molecule has 8 heteroatoms. The van der Waals surface area contributed by atoms with Crippen LogP contribution in [-0.2, 0) is 27.7 Å². The summed E-state index contributed by atoms with van der Waals surface area (Å²) in [5.41, 5.74) is 3.39. The van der Waals surface area contributed by atoms with E-state index in [4.69, 9.17) is 4.74 Å². The Morgan fingerprint density at radius 2 is 2.00 bits per heavy atom. The number of carbonyl (C=O) groups is 1. The maximum absolute atomic E-state index is 13.9. The normalized spacial score (nSPS) is 14.8. The molecule has 1 aromatic heterocycles. The number of hydrogen-bond acceptors (Lipinski definition) is 4. The summed E-state index contributed by atoms with van der Waals surface area (Å²) in [5, 5.41) is 0.785. The number of halogens is 1. The minimum absolute atomic E-state index is 0.0610. The van der Waals surface area contributed by atoms with Crippen LogP contribution in [0.2, 0.25) is 0 Å². The van der Waals surface area contributed by atoms with E-state index in [2.05, 4.69) is 4.98 Å². The third-order valence-electron chi connectivity index (χ3n) is 5.14. The van der Waals surface area contributed by atoms with Gasteiger partial charge in [0.1, 0.15) is 5.82 Å². The van der Waals surface area contributed by atoms with Crippen LogP contribution >= 0.6 is 0 Å². The lowest BCUT2D eigenvalue weighted by atomic mass is 10.0. The van der Waals surface area contributed by atoms with Crippen molar-refractivity contribution in [2.75, 3.05) is 13.7 Å². The number of H-pyrrole nitrogens is 1. The molecule has 0 unspecified atom stereocenters. The van der Waals surface area contributed by atoms with Gasteiger partial charge >= 0.3 is 5.97 Å². The van der Waals surface area contributed by atoms with E-state index >= 15 is 0 Å². The molecule has 0 saturated heterocycles. The Hall–Kier alpha value is -2.71. The van der Waals surface area contributed by atoms with Gasteiger partial charge in [0.2, 0.25) is 10.0 Å². The number of nitrogens with one attached hydrogen (secondary N) is 1. The predicted molar refractivity (Wildman–Crippen MR) is 102 cm³/mol. The highest BCUT2D eigenvalue weighted by atomic mass is 32.2. The van der Waals surface area contributed by atoms with Crippen LogP contribution < -0.4 is 0 Å². The van der Waals surface area contributed by atoms with Gasteiger partial charge in [-0.05, 0) is 48.4 Å². The number of fused-ring (bicyclic) bond motifs is 3. The summed E-state index contributed by atoms with van der Waals surface area (Å²) in [6.07, 6.45) is 0.505. The Morgan fingerprint density at radius 1 is 1.21 bits per heavy atom. The average molecular weight is 402 g/mol. The van der Waals surface area contributed by atoms with Crippen LogP contribution in [0.1, 0.15) is 27.2 Å². The topological polar surface area (TPSA) is 79.5 Å². The summed E-state index contributed by atoms with van der Waals surface area (Å²) in [4.78, 5) is 15.1. The van der Waals surface area contributed by atoms with E-state index in [0.29, 0.717) is 24.1 Å². The first-order valence-corrected chi connectivity index (χ1v) is 10.2. The maximum Gasteiger partial charge on any atom is 0.337 e. The molecular formula is C20H19FN2O4S. The van der Waals surface area contributed by atoms with Gasteiger partial charge in [0.05, 0.1) is 17.6 Å². The lowest BCUT2D eigenvalue weighted by molar-refractivity contribution is 0.0601. The average Bonchev–Trinajstić information content (AvgIpc) is 3.06. The van der Waals surface area contributed by atoms with Crippen molar-refractivity contribution >= 4 is 26.9 Å². The third-order valence-corrected chi connectivity index (χ3v) is 6.98. The molecule has 1 N–H and O–H groups in total. The van der Waals surface area contributed by atoms with Crippen LogP contribution in [0.15, 0.2) is 41.3 Å². The van der Waals surface area contributed by atoms with Crippen molar-refractivity contribution in [2.45, 2.75) is 24.8 Å². The number of aromatic nitrogens is 1. The van der Waals surface area contributed by atoms with Gasteiger partial charge in [0, 0.05) is 36.1 Å². The highest BCUT2D eigenvalue weighted by molar-refractivity contribution is 7.89. The van der Waals surface area contributed by atoms with Crippen molar-refractivity contribution in [3.63, 3.8) is 0 Å². The second-order valence-corrected chi connectivity index (χ2v) is 8.77. The first kappa shape index (κ1) is 18.6. The number of carbonyl (C=O) groups excluding carboxylic acids is 1. The Kier molecular flexibility index (Phi) is 4.47. The van der Waals surface area contributed by atoms with E-state index < -0.39 is 21.8 Å². The molecular weight excluding hydrogens is 383 g/mol. The lowest BCUT2D eigenvalue weighted by Gasteiger charge is -2.26. The number of benzene rings is 2. The van der Waals surface area contributed by atoms with Gasteiger partial charge in [-0.1, -0.05) is 6.07 Å². The summed E-state index contributed by atoms with van der Waals surface area (Å²) in [7, 11) is -2.52. The predicted octanol–water partition coefficient (Wildman–Crippen LogP) is 3.15. The number of rotatable bonds is 3. The van der Waals surface area contributed by atoms with Gasteiger partial charge in [-0.15, -0.1) is 0 Å². The minimum Gasteiger partial charge on any atom is -0.465 e. The summed E-state index contributed by atoms with van der Waals surface area (Å²) < 4.78 is 46.0. The van der Waals surface area contributed by atoms with Crippen LogP contribution in [0, 0.1) is 12.7 Å². The molecule has 2 heterocycles. The van der Waals surface area contributed by atoms with E-state index in [9.17, 15) is 17.6 Å². The van der Waals surface area contributed by atoms with Crippen LogP contribution in [0.4, 0.5) is 4.39 Å². The fraction of sp³-hybridized carbons (Fsp3) is 0.250. The molecule has 0 radical (unpaired) electrons. The molecule has 1 aliphatic heterocycles. The highest BCUT2D eigenvalue weighted by Gasteiger charge is 2.31. The van der Waals surface area contributed by atoms with Crippen molar-refractivity contribution in [2.24, 2.45) is 0 Å². The molecule has 0 aliphatic carbocycles. The van der Waals surface area contributed by atoms with Gasteiger partial charge in [-0.3, -0.25) is 0 Å². The molecule has 1 aliphatic rings. The van der Waals surface area contributed by atoms with Crippen molar-refractivity contribution in [3.05, 3.63) is 64.6 Å². The zero-order chi connectivity index (χ0) is 20.1. The summed E-state index contributed by atoms with van der Waals surface area (Å²) in [6, 6.07) is 9.11. The van der Waals surface area contributed by atoms with Crippen molar-refractivity contribution in [1.29, 1.82) is 0 Å². The third kappa shape index (κ3) is 2.98. The van der Waals surface area contributed by atoms with E-state index in [-0.39, 0.29) is 11.4 Å². The van der Waals surface area contributed by atoms with Crippen molar-refractivity contribution in [1.82, 2.24) is 9.29 Å². The number of nitrogens with zero attached hydrogens (tertiary/aromatic N) is 1. The fourth-order valence-corrected chi connectivity index (χ4v) is 4.94. The van der Waals surface area contributed by atoms with Crippen LogP contribution in [0.3, 0.4) is 0 Å². The molecule has 2 aromatic carbocycles. The number of ether oxygens (including phenoxy) is 1. The number of methoxy groups -OCH3 is 1.